The maximum Gasteiger partial charge on any atom is 0.182 e. The van der Waals surface area contributed by atoms with E-state index in [0.717, 1.165) is 25.6 Å². The van der Waals surface area contributed by atoms with E-state index in [-0.39, 0.29) is 0 Å². The number of imidazole rings is 1. The Balaban J connectivity index is 1.37. The Bertz CT molecular complexity index is 1900. The fourth-order valence-electron chi connectivity index (χ4n) is 5.25. The first kappa shape index (κ1) is 26.9. The van der Waals surface area contributed by atoms with Crippen LogP contribution in [0.25, 0.3) is 44.7 Å². The minimum Gasteiger partial charge on any atom is -0.394 e. The molecule has 1 aliphatic heterocycles. The molecule has 4 atom stereocenters. The summed E-state index contributed by atoms with van der Waals surface area (Å²) in [6, 6.07) is 18.0. The molecular formula is C29H25IN8O4. The van der Waals surface area contributed by atoms with Crippen molar-refractivity contribution in [1.82, 2.24) is 34.7 Å². The predicted molar refractivity (Wildman–Crippen MR) is 163 cm³/mol. The Morgan fingerprint density at radius 3 is 2.74 bits per heavy atom. The van der Waals surface area contributed by atoms with Crippen LogP contribution in [0.15, 0.2) is 73.3 Å². The number of pyridine rings is 1. The summed E-state index contributed by atoms with van der Waals surface area (Å²) in [5, 5.41) is 43.5. The first-order valence-electron chi connectivity index (χ1n) is 13.2. The number of aromatic amines is 1. The lowest BCUT2D eigenvalue weighted by atomic mass is 10.0. The number of nitrogens with one attached hydrogen (secondary N) is 2. The molecule has 0 aliphatic carbocycles. The van der Waals surface area contributed by atoms with E-state index in [1.807, 2.05) is 48.5 Å². The second kappa shape index (κ2) is 11.0. The maximum absolute atomic E-state index is 10.8. The van der Waals surface area contributed by atoms with Gasteiger partial charge in [-0.25, -0.2) is 15.0 Å². The van der Waals surface area contributed by atoms with Gasteiger partial charge in [-0.05, 0) is 51.7 Å². The van der Waals surface area contributed by atoms with Crippen LogP contribution in [0.3, 0.4) is 0 Å². The van der Waals surface area contributed by atoms with E-state index in [9.17, 15) is 15.3 Å². The van der Waals surface area contributed by atoms with Crippen molar-refractivity contribution in [1.29, 1.82) is 0 Å². The number of aliphatic hydroxyl groups excluding tert-OH is 3. The fraction of sp³-hybridized carbons (Fsp3) is 0.207. The van der Waals surface area contributed by atoms with Crippen molar-refractivity contribution in [2.75, 3.05) is 11.9 Å². The summed E-state index contributed by atoms with van der Waals surface area (Å²) in [5.41, 5.74) is 3.87. The van der Waals surface area contributed by atoms with Gasteiger partial charge in [-0.3, -0.25) is 14.6 Å². The van der Waals surface area contributed by atoms with Gasteiger partial charge in [-0.1, -0.05) is 36.4 Å². The van der Waals surface area contributed by atoms with Crippen molar-refractivity contribution >= 4 is 50.3 Å². The maximum atomic E-state index is 10.8. The minimum atomic E-state index is -1.30. The van der Waals surface area contributed by atoms with Gasteiger partial charge in [0.05, 0.1) is 24.8 Å². The van der Waals surface area contributed by atoms with Crippen molar-refractivity contribution in [3.8, 4) is 22.8 Å². The molecule has 2 aromatic carbocycles. The third-order valence-electron chi connectivity index (χ3n) is 7.35. The highest BCUT2D eigenvalue weighted by molar-refractivity contribution is 14.1. The summed E-state index contributed by atoms with van der Waals surface area (Å²) in [7, 11) is 0. The Hall–Kier alpha value is -4.02. The van der Waals surface area contributed by atoms with Gasteiger partial charge < -0.3 is 25.4 Å². The number of anilines is 1. The van der Waals surface area contributed by atoms with E-state index in [2.05, 4.69) is 54.1 Å². The molecule has 1 fully saturated rings. The largest absolute Gasteiger partial charge is 0.394 e. The number of aromatic nitrogens is 7. The fourth-order valence-corrected chi connectivity index (χ4v) is 5.86. The molecule has 12 nitrogen and oxygen atoms in total. The molecule has 4 aromatic heterocycles. The zero-order valence-corrected chi connectivity index (χ0v) is 24.1. The molecule has 1 saturated heterocycles. The molecule has 13 heteroatoms. The van der Waals surface area contributed by atoms with Crippen LogP contribution in [0.2, 0.25) is 0 Å². The number of nitrogens with zero attached hydrogens (tertiary/aromatic N) is 6. The molecule has 1 aliphatic rings. The number of hydrogen-bond donors (Lipinski definition) is 5. The van der Waals surface area contributed by atoms with E-state index >= 15 is 0 Å². The molecule has 0 spiro atoms. The van der Waals surface area contributed by atoms with Crippen molar-refractivity contribution in [2.45, 2.75) is 31.1 Å². The number of halogens is 1. The highest BCUT2D eigenvalue weighted by Gasteiger charge is 2.44. The molecular weight excluding hydrogens is 651 g/mol. The SMILES string of the molecule is OC[C@H]1O[C@@H](n2cnc3c(NCc4cccc(I)c4)nc(-c4[nH]ncc4-c4nccc5ccccc45)nc32)[C@H](O)[C@@H]1O. The van der Waals surface area contributed by atoms with Gasteiger partial charge in [0.2, 0.25) is 0 Å². The predicted octanol–water partition coefficient (Wildman–Crippen LogP) is 3.26. The molecule has 0 unspecified atom stereocenters. The topological polar surface area (TPSA) is 167 Å². The Morgan fingerprint density at radius 2 is 1.90 bits per heavy atom. The first-order valence-corrected chi connectivity index (χ1v) is 14.3. The summed E-state index contributed by atoms with van der Waals surface area (Å²) in [6.07, 6.45) is 0.397. The molecule has 0 bridgehead atoms. The summed E-state index contributed by atoms with van der Waals surface area (Å²) in [5.74, 6) is 0.786. The molecule has 42 heavy (non-hydrogen) atoms. The van der Waals surface area contributed by atoms with E-state index in [1.54, 1.807) is 17.0 Å². The van der Waals surface area contributed by atoms with E-state index in [0.29, 0.717) is 40.6 Å². The third kappa shape index (κ3) is 4.68. The van der Waals surface area contributed by atoms with Gasteiger partial charge >= 0.3 is 0 Å². The summed E-state index contributed by atoms with van der Waals surface area (Å²) < 4.78 is 8.46. The molecule has 0 saturated carbocycles. The smallest absolute Gasteiger partial charge is 0.182 e. The monoisotopic (exact) mass is 676 g/mol. The van der Waals surface area contributed by atoms with Crippen LogP contribution in [0.1, 0.15) is 11.8 Å². The number of benzene rings is 2. The van der Waals surface area contributed by atoms with Crippen LogP contribution < -0.4 is 5.32 Å². The first-order chi connectivity index (χ1) is 20.5. The number of ether oxygens (including phenoxy) is 1. The lowest BCUT2D eigenvalue weighted by Gasteiger charge is -2.17. The van der Waals surface area contributed by atoms with Crippen molar-refractivity contribution < 1.29 is 20.1 Å². The minimum absolute atomic E-state index is 0.323. The molecule has 6 aromatic rings. The van der Waals surface area contributed by atoms with Gasteiger partial charge in [0.15, 0.2) is 29.0 Å². The van der Waals surface area contributed by atoms with Crippen molar-refractivity contribution in [3.05, 3.63) is 82.5 Å². The van der Waals surface area contributed by atoms with Gasteiger partial charge in [-0.15, -0.1) is 0 Å². The zero-order valence-electron chi connectivity index (χ0n) is 22.0. The Morgan fingerprint density at radius 1 is 1.02 bits per heavy atom. The summed E-state index contributed by atoms with van der Waals surface area (Å²) in [4.78, 5) is 18.9. The quantitative estimate of drug-likeness (QED) is 0.159. The second-order valence-electron chi connectivity index (χ2n) is 9.97. The number of hydrogen-bond acceptors (Lipinski definition) is 10. The number of rotatable bonds is 7. The van der Waals surface area contributed by atoms with E-state index in [1.165, 1.54) is 6.33 Å². The van der Waals surface area contributed by atoms with Crippen LogP contribution in [-0.4, -0.2) is 74.9 Å². The van der Waals surface area contributed by atoms with Crippen LogP contribution in [0.5, 0.6) is 0 Å². The number of H-pyrrole nitrogens is 1. The van der Waals surface area contributed by atoms with Crippen LogP contribution >= 0.6 is 22.6 Å². The number of aliphatic hydroxyl groups is 3. The molecule has 5 heterocycles. The van der Waals surface area contributed by atoms with Crippen LogP contribution in [-0.2, 0) is 11.3 Å². The lowest BCUT2D eigenvalue weighted by molar-refractivity contribution is -0.0511. The van der Waals surface area contributed by atoms with Gasteiger partial charge in [0.25, 0.3) is 0 Å². The molecule has 0 radical (unpaired) electrons. The van der Waals surface area contributed by atoms with E-state index in [4.69, 9.17) is 14.7 Å². The van der Waals surface area contributed by atoms with Crippen LogP contribution in [0, 0.1) is 3.57 Å². The van der Waals surface area contributed by atoms with Gasteiger partial charge in [0.1, 0.15) is 24.0 Å². The standard InChI is InChI=1S/C29H25IN8O4/c30-17-6-3-4-15(10-17)11-32-26-23-28(38(14-33-23)29-25(41)24(40)20(13-39)42-29)36-27(35-26)22-19(12-34-37-22)21-18-7-2-1-5-16(18)8-9-31-21/h1-10,12,14,20,24-25,29,39-41H,11,13H2,(H,34,37)(H,32,35,36)/t20-,24-,25-,29-/m1/s1. The Labute approximate surface area is 252 Å². The summed E-state index contributed by atoms with van der Waals surface area (Å²) >= 11 is 2.27. The molecule has 212 valence electrons. The molecule has 7 rings (SSSR count). The van der Waals surface area contributed by atoms with Crippen molar-refractivity contribution in [3.63, 3.8) is 0 Å². The zero-order chi connectivity index (χ0) is 28.8. The van der Waals surface area contributed by atoms with Crippen molar-refractivity contribution in [2.24, 2.45) is 0 Å². The lowest BCUT2D eigenvalue weighted by Crippen LogP contribution is -2.33. The highest BCUT2D eigenvalue weighted by Crippen LogP contribution is 2.36. The molecule has 0 amide bonds. The normalized spacial score (nSPS) is 20.5. The average Bonchev–Trinajstić information content (AvgIpc) is 3.73. The Kier molecular flexibility index (Phi) is 7.03. The number of fused-ring (bicyclic) bond motifs is 2. The molecule has 5 N–H and O–H groups in total. The second-order valence-corrected chi connectivity index (χ2v) is 11.2. The van der Waals surface area contributed by atoms with Crippen LogP contribution in [0.4, 0.5) is 5.82 Å². The summed E-state index contributed by atoms with van der Waals surface area (Å²) in [6.45, 7) is 0.0314. The van der Waals surface area contributed by atoms with Gasteiger partial charge in [-0.2, -0.15) is 5.10 Å². The third-order valence-corrected chi connectivity index (χ3v) is 8.02. The average molecular weight is 676 g/mol. The highest BCUT2D eigenvalue weighted by atomic mass is 127. The van der Waals surface area contributed by atoms with Gasteiger partial charge in [0, 0.05) is 27.3 Å². The van der Waals surface area contributed by atoms with E-state index < -0.39 is 31.1 Å².